The lowest BCUT2D eigenvalue weighted by Gasteiger charge is -2.08. The summed E-state index contributed by atoms with van der Waals surface area (Å²) in [6, 6.07) is 0. The molecule has 2 N–H and O–H groups in total. The van der Waals surface area contributed by atoms with E-state index >= 15 is 0 Å². The first-order valence-corrected chi connectivity index (χ1v) is 8.32. The molecule has 0 saturated carbocycles. The molecule has 1 rings (SSSR count). The normalized spacial score (nSPS) is 13.2. The van der Waals surface area contributed by atoms with E-state index in [9.17, 15) is 4.21 Å². The summed E-state index contributed by atoms with van der Waals surface area (Å²) in [6.07, 6.45) is 6.88. The minimum absolute atomic E-state index is 0.165. The van der Waals surface area contributed by atoms with E-state index in [1.165, 1.54) is 6.20 Å². The zero-order valence-corrected chi connectivity index (χ0v) is 13.1. The molecular weight excluding hydrogens is 276 g/mol. The standard InChI is InChI=1S/C13H22N4O2S/c1-4-5-6-10(7-8-20(3)18)16-12-11(19-2)9-15-13(14)17-12/h9H,4-8H2,1-3H3,(H2,14,15,17). The van der Waals surface area contributed by atoms with Crippen molar-refractivity contribution in [2.45, 2.75) is 32.6 Å². The van der Waals surface area contributed by atoms with Crippen molar-refractivity contribution < 1.29 is 8.95 Å². The van der Waals surface area contributed by atoms with Crippen molar-refractivity contribution in [1.82, 2.24) is 9.97 Å². The molecule has 0 aliphatic heterocycles. The molecule has 0 spiro atoms. The average molecular weight is 298 g/mol. The van der Waals surface area contributed by atoms with Gasteiger partial charge >= 0.3 is 0 Å². The van der Waals surface area contributed by atoms with Crippen LogP contribution in [0.15, 0.2) is 11.2 Å². The fourth-order valence-corrected chi connectivity index (χ4v) is 2.15. The van der Waals surface area contributed by atoms with E-state index in [2.05, 4.69) is 21.9 Å². The van der Waals surface area contributed by atoms with Crippen LogP contribution in [0.2, 0.25) is 0 Å². The number of nitrogens with two attached hydrogens (primary N) is 1. The lowest BCUT2D eigenvalue weighted by atomic mass is 10.1. The summed E-state index contributed by atoms with van der Waals surface area (Å²) in [4.78, 5) is 12.5. The van der Waals surface area contributed by atoms with Crippen LogP contribution in [0, 0.1) is 0 Å². The van der Waals surface area contributed by atoms with Gasteiger partial charge in [-0.3, -0.25) is 4.21 Å². The van der Waals surface area contributed by atoms with E-state index in [4.69, 9.17) is 10.5 Å². The highest BCUT2D eigenvalue weighted by molar-refractivity contribution is 7.84. The molecule has 0 aliphatic rings. The molecule has 0 aromatic carbocycles. The summed E-state index contributed by atoms with van der Waals surface area (Å²) >= 11 is 0. The number of unbranched alkanes of at least 4 members (excludes halogenated alkanes) is 1. The van der Waals surface area contributed by atoms with E-state index in [1.807, 2.05) is 0 Å². The van der Waals surface area contributed by atoms with Gasteiger partial charge in [0.1, 0.15) is 0 Å². The second kappa shape index (κ2) is 8.63. The van der Waals surface area contributed by atoms with Gasteiger partial charge in [0.15, 0.2) is 11.6 Å². The molecule has 7 heteroatoms. The van der Waals surface area contributed by atoms with Crippen LogP contribution in [0.25, 0.3) is 0 Å². The minimum atomic E-state index is -0.831. The van der Waals surface area contributed by atoms with Crippen LogP contribution in [-0.4, -0.2) is 39.0 Å². The summed E-state index contributed by atoms with van der Waals surface area (Å²) in [7, 11) is 0.712. The molecule has 0 aliphatic carbocycles. The summed E-state index contributed by atoms with van der Waals surface area (Å²) in [5, 5.41) is 0. The smallest absolute Gasteiger partial charge is 0.222 e. The van der Waals surface area contributed by atoms with E-state index in [0.717, 1.165) is 25.0 Å². The summed E-state index contributed by atoms with van der Waals surface area (Å²) in [5.41, 5.74) is 6.56. The Morgan fingerprint density at radius 2 is 2.25 bits per heavy atom. The number of hydrogen-bond acceptors (Lipinski definition) is 6. The number of aromatic nitrogens is 2. The van der Waals surface area contributed by atoms with Gasteiger partial charge in [0.2, 0.25) is 5.95 Å². The Labute approximate surface area is 122 Å². The van der Waals surface area contributed by atoms with Crippen LogP contribution in [0.4, 0.5) is 11.8 Å². The Morgan fingerprint density at radius 1 is 1.50 bits per heavy atom. The number of anilines is 1. The van der Waals surface area contributed by atoms with Crippen molar-refractivity contribution in [1.29, 1.82) is 0 Å². The second-order valence-corrected chi connectivity index (χ2v) is 5.98. The number of aliphatic imine (C=N–C) groups is 1. The van der Waals surface area contributed by atoms with Crippen LogP contribution >= 0.6 is 0 Å². The Kier molecular flexibility index (Phi) is 7.14. The number of ether oxygens (including phenoxy) is 1. The second-order valence-electron chi connectivity index (χ2n) is 4.43. The van der Waals surface area contributed by atoms with E-state index in [0.29, 0.717) is 23.7 Å². The van der Waals surface area contributed by atoms with Crippen molar-refractivity contribution in [3.8, 4) is 5.75 Å². The lowest BCUT2D eigenvalue weighted by molar-refractivity contribution is 0.412. The summed E-state index contributed by atoms with van der Waals surface area (Å²) < 4.78 is 16.4. The first kappa shape index (κ1) is 16.6. The quantitative estimate of drug-likeness (QED) is 0.742. The van der Waals surface area contributed by atoms with Crippen LogP contribution < -0.4 is 10.5 Å². The zero-order valence-electron chi connectivity index (χ0n) is 12.3. The molecule has 1 aromatic rings. The van der Waals surface area contributed by atoms with Crippen molar-refractivity contribution in [2.75, 3.05) is 24.9 Å². The van der Waals surface area contributed by atoms with Crippen molar-refractivity contribution in [3.05, 3.63) is 6.20 Å². The number of rotatable bonds is 8. The Bertz CT molecular complexity index is 491. The van der Waals surface area contributed by atoms with Gasteiger partial charge in [0.25, 0.3) is 0 Å². The molecule has 0 amide bonds. The Morgan fingerprint density at radius 3 is 2.85 bits per heavy atom. The van der Waals surface area contributed by atoms with Crippen molar-refractivity contribution >= 4 is 28.3 Å². The van der Waals surface area contributed by atoms with Crippen LogP contribution in [0.3, 0.4) is 0 Å². The molecule has 1 atom stereocenters. The average Bonchev–Trinajstić information content (AvgIpc) is 2.42. The van der Waals surface area contributed by atoms with Gasteiger partial charge in [-0.15, -0.1) is 0 Å². The summed E-state index contributed by atoms with van der Waals surface area (Å²) in [5.74, 6) is 1.70. The van der Waals surface area contributed by atoms with Crippen LogP contribution in [0.1, 0.15) is 32.6 Å². The van der Waals surface area contributed by atoms with Crippen molar-refractivity contribution in [3.63, 3.8) is 0 Å². The maximum Gasteiger partial charge on any atom is 0.222 e. The first-order valence-electron chi connectivity index (χ1n) is 6.59. The van der Waals surface area contributed by atoms with E-state index in [-0.39, 0.29) is 5.95 Å². The predicted octanol–water partition coefficient (Wildman–Crippen LogP) is 2.10. The Balaban J connectivity index is 2.97. The molecule has 0 bridgehead atoms. The molecule has 112 valence electrons. The molecule has 1 aromatic heterocycles. The van der Waals surface area contributed by atoms with Crippen LogP contribution in [-0.2, 0) is 10.8 Å². The molecule has 20 heavy (non-hydrogen) atoms. The first-order chi connectivity index (χ1) is 9.56. The fraction of sp³-hybridized carbons (Fsp3) is 0.615. The Hall–Kier alpha value is -1.50. The molecule has 1 heterocycles. The zero-order chi connectivity index (χ0) is 15.0. The van der Waals surface area contributed by atoms with Gasteiger partial charge < -0.3 is 10.5 Å². The monoisotopic (exact) mass is 298 g/mol. The molecule has 1 unspecified atom stereocenters. The van der Waals surface area contributed by atoms with Crippen molar-refractivity contribution in [2.24, 2.45) is 4.99 Å². The lowest BCUT2D eigenvalue weighted by Crippen LogP contribution is -2.06. The summed E-state index contributed by atoms with van der Waals surface area (Å²) in [6.45, 7) is 2.12. The van der Waals surface area contributed by atoms with Gasteiger partial charge in [-0.05, 0) is 19.3 Å². The van der Waals surface area contributed by atoms with Gasteiger partial charge in [-0.25, -0.2) is 9.98 Å². The molecule has 6 nitrogen and oxygen atoms in total. The SMILES string of the molecule is CCCCC(CCS(C)=O)=Nc1nc(N)ncc1OC. The number of hydrogen-bond donors (Lipinski definition) is 1. The number of methoxy groups -OCH3 is 1. The molecule has 0 saturated heterocycles. The predicted molar refractivity (Wildman–Crippen MR) is 83.2 cm³/mol. The molecule has 0 radical (unpaired) electrons. The molecule has 0 fully saturated rings. The highest BCUT2D eigenvalue weighted by atomic mass is 32.2. The highest BCUT2D eigenvalue weighted by Gasteiger charge is 2.08. The topological polar surface area (TPSA) is 90.5 Å². The fourth-order valence-electron chi connectivity index (χ4n) is 1.63. The maximum absolute atomic E-state index is 11.2. The third kappa shape index (κ3) is 5.64. The van der Waals surface area contributed by atoms with E-state index < -0.39 is 10.8 Å². The number of nitrogens with zero attached hydrogens (tertiary/aromatic N) is 3. The highest BCUT2D eigenvalue weighted by Crippen LogP contribution is 2.25. The molecular formula is C13H22N4O2S. The van der Waals surface area contributed by atoms with Gasteiger partial charge in [-0.2, -0.15) is 4.98 Å². The van der Waals surface area contributed by atoms with Gasteiger partial charge in [-0.1, -0.05) is 13.3 Å². The van der Waals surface area contributed by atoms with E-state index in [1.54, 1.807) is 13.4 Å². The largest absolute Gasteiger partial charge is 0.491 e. The van der Waals surface area contributed by atoms with Gasteiger partial charge in [0.05, 0.1) is 13.3 Å². The van der Waals surface area contributed by atoms with Gasteiger partial charge in [0, 0.05) is 28.5 Å². The minimum Gasteiger partial charge on any atom is -0.491 e. The third-order valence-corrected chi connectivity index (χ3v) is 3.51. The number of nitrogen functional groups attached to an aromatic ring is 1. The maximum atomic E-state index is 11.2. The van der Waals surface area contributed by atoms with Crippen LogP contribution in [0.5, 0.6) is 5.75 Å². The third-order valence-electron chi connectivity index (χ3n) is 2.74.